The van der Waals surface area contributed by atoms with E-state index in [1.54, 1.807) is 0 Å². The first kappa shape index (κ1) is 15.8. The summed E-state index contributed by atoms with van der Waals surface area (Å²) in [4.78, 5) is 15.1. The molecule has 1 heterocycles. The molecule has 0 unspecified atom stereocenters. The van der Waals surface area contributed by atoms with Gasteiger partial charge in [-0.1, -0.05) is 46.3 Å². The number of rotatable bonds is 6. The lowest BCUT2D eigenvalue weighted by Gasteiger charge is -2.05. The minimum absolute atomic E-state index is 0.148. The van der Waals surface area contributed by atoms with Crippen molar-refractivity contribution < 1.29 is 9.53 Å². The van der Waals surface area contributed by atoms with E-state index in [1.165, 1.54) is 10.9 Å². The highest BCUT2D eigenvalue weighted by atomic mass is 79.9. The van der Waals surface area contributed by atoms with Gasteiger partial charge in [0.25, 0.3) is 0 Å². The van der Waals surface area contributed by atoms with Crippen molar-refractivity contribution in [3.8, 4) is 0 Å². The third kappa shape index (κ3) is 4.23. The van der Waals surface area contributed by atoms with E-state index in [1.807, 2.05) is 42.6 Å². The van der Waals surface area contributed by atoms with Gasteiger partial charge in [0.2, 0.25) is 0 Å². The number of benzene rings is 2. The highest BCUT2D eigenvalue weighted by Crippen LogP contribution is 2.19. The number of aromatic amines is 1. The maximum absolute atomic E-state index is 11.9. The smallest absolute Gasteiger partial charge is 0.306 e. The Hall–Kier alpha value is -2.07. The minimum atomic E-state index is -0.148. The van der Waals surface area contributed by atoms with E-state index in [0.717, 1.165) is 28.4 Å². The number of carbonyl (C=O) groups excluding carboxylic acids is 1. The van der Waals surface area contributed by atoms with Gasteiger partial charge in [-0.05, 0) is 42.2 Å². The molecule has 0 saturated heterocycles. The van der Waals surface area contributed by atoms with Crippen LogP contribution in [0.15, 0.2) is 59.2 Å². The fourth-order valence-corrected chi connectivity index (χ4v) is 3.07. The molecule has 0 spiro atoms. The lowest BCUT2D eigenvalue weighted by atomic mass is 10.1. The third-order valence-corrected chi connectivity index (χ3v) is 4.28. The number of H-pyrrole nitrogens is 1. The van der Waals surface area contributed by atoms with Crippen molar-refractivity contribution in [2.75, 3.05) is 0 Å². The van der Waals surface area contributed by atoms with Crippen LogP contribution < -0.4 is 0 Å². The Morgan fingerprint density at radius 2 is 2.00 bits per heavy atom. The number of hydrogen-bond donors (Lipinski definition) is 1. The maximum atomic E-state index is 11.9. The summed E-state index contributed by atoms with van der Waals surface area (Å²) >= 11 is 3.41. The van der Waals surface area contributed by atoms with E-state index in [9.17, 15) is 4.79 Å². The molecule has 23 heavy (non-hydrogen) atoms. The van der Waals surface area contributed by atoms with Gasteiger partial charge >= 0.3 is 5.97 Å². The van der Waals surface area contributed by atoms with Crippen LogP contribution in [0, 0.1) is 0 Å². The number of carbonyl (C=O) groups is 1. The Bertz CT molecular complexity index is 810. The largest absolute Gasteiger partial charge is 0.461 e. The molecule has 0 aliphatic heterocycles. The zero-order valence-electron chi connectivity index (χ0n) is 12.7. The van der Waals surface area contributed by atoms with Gasteiger partial charge in [-0.25, -0.2) is 0 Å². The molecule has 0 aliphatic carbocycles. The second-order valence-electron chi connectivity index (χ2n) is 5.50. The first-order valence-corrected chi connectivity index (χ1v) is 8.47. The van der Waals surface area contributed by atoms with E-state index in [4.69, 9.17) is 4.74 Å². The summed E-state index contributed by atoms with van der Waals surface area (Å²) in [5.74, 6) is -0.148. The van der Waals surface area contributed by atoms with Gasteiger partial charge in [0, 0.05) is 28.0 Å². The fraction of sp³-hybridized carbons (Fsp3) is 0.211. The average Bonchev–Trinajstić information content (AvgIpc) is 2.97. The Morgan fingerprint density at radius 1 is 1.13 bits per heavy atom. The maximum Gasteiger partial charge on any atom is 0.306 e. The van der Waals surface area contributed by atoms with Gasteiger partial charge in [-0.15, -0.1) is 0 Å². The number of fused-ring (bicyclic) bond motifs is 1. The number of para-hydroxylation sites is 1. The Morgan fingerprint density at radius 3 is 2.87 bits per heavy atom. The number of nitrogens with one attached hydrogen (secondary N) is 1. The van der Waals surface area contributed by atoms with Gasteiger partial charge in [-0.2, -0.15) is 0 Å². The van der Waals surface area contributed by atoms with Crippen LogP contribution in [0.4, 0.5) is 0 Å². The molecule has 1 N–H and O–H groups in total. The summed E-state index contributed by atoms with van der Waals surface area (Å²) in [7, 11) is 0. The Balaban J connectivity index is 1.46. The van der Waals surface area contributed by atoms with Crippen LogP contribution in [-0.2, 0) is 22.6 Å². The molecular formula is C19H18BrNO2. The summed E-state index contributed by atoms with van der Waals surface area (Å²) in [6.45, 7) is 0.325. The van der Waals surface area contributed by atoms with Crippen LogP contribution in [0.1, 0.15) is 24.0 Å². The van der Waals surface area contributed by atoms with Crippen molar-refractivity contribution in [1.82, 2.24) is 4.98 Å². The van der Waals surface area contributed by atoms with E-state index >= 15 is 0 Å². The van der Waals surface area contributed by atoms with Crippen molar-refractivity contribution in [3.63, 3.8) is 0 Å². The van der Waals surface area contributed by atoms with Gasteiger partial charge in [0.1, 0.15) is 6.61 Å². The van der Waals surface area contributed by atoms with Crippen LogP contribution in [-0.4, -0.2) is 11.0 Å². The van der Waals surface area contributed by atoms with E-state index in [0.29, 0.717) is 13.0 Å². The van der Waals surface area contributed by atoms with Gasteiger partial charge in [0.05, 0.1) is 0 Å². The topological polar surface area (TPSA) is 42.1 Å². The predicted octanol–water partition coefficient (Wildman–Crippen LogP) is 5.00. The molecule has 118 valence electrons. The standard InChI is InChI=1S/C19H18BrNO2/c20-16-7-3-5-14(11-16)13-23-19(22)10-4-6-15-12-21-18-9-2-1-8-17(15)18/h1-3,5,7-9,11-12,21H,4,6,10,13H2. The number of hydrogen-bond acceptors (Lipinski definition) is 2. The molecule has 0 saturated carbocycles. The van der Waals surface area contributed by atoms with E-state index in [-0.39, 0.29) is 5.97 Å². The van der Waals surface area contributed by atoms with Crippen LogP contribution in [0.25, 0.3) is 10.9 Å². The van der Waals surface area contributed by atoms with Gasteiger partial charge in [-0.3, -0.25) is 4.79 Å². The molecule has 0 fully saturated rings. The van der Waals surface area contributed by atoms with Crippen LogP contribution in [0.3, 0.4) is 0 Å². The minimum Gasteiger partial charge on any atom is -0.461 e. The molecule has 3 rings (SSSR count). The highest BCUT2D eigenvalue weighted by Gasteiger charge is 2.07. The molecule has 2 aromatic carbocycles. The number of aryl methyl sites for hydroxylation is 1. The summed E-state index contributed by atoms with van der Waals surface area (Å²) in [6, 6.07) is 16.0. The van der Waals surface area contributed by atoms with Crippen molar-refractivity contribution in [1.29, 1.82) is 0 Å². The van der Waals surface area contributed by atoms with E-state index in [2.05, 4.69) is 33.0 Å². The molecule has 4 heteroatoms. The predicted molar refractivity (Wildman–Crippen MR) is 95.2 cm³/mol. The molecular weight excluding hydrogens is 354 g/mol. The summed E-state index contributed by atoms with van der Waals surface area (Å²) in [5.41, 5.74) is 3.38. The second-order valence-corrected chi connectivity index (χ2v) is 6.42. The molecule has 0 atom stereocenters. The molecule has 0 aliphatic rings. The van der Waals surface area contributed by atoms with Crippen molar-refractivity contribution in [2.45, 2.75) is 25.9 Å². The number of aromatic nitrogens is 1. The van der Waals surface area contributed by atoms with Crippen molar-refractivity contribution in [3.05, 3.63) is 70.3 Å². The Labute approximate surface area is 143 Å². The quantitative estimate of drug-likeness (QED) is 0.619. The molecule has 3 nitrogen and oxygen atoms in total. The number of ether oxygens (including phenoxy) is 1. The summed E-state index contributed by atoms with van der Waals surface area (Å²) in [6.07, 6.45) is 4.13. The summed E-state index contributed by atoms with van der Waals surface area (Å²) in [5, 5.41) is 1.23. The monoisotopic (exact) mass is 371 g/mol. The first-order valence-electron chi connectivity index (χ1n) is 7.67. The first-order chi connectivity index (χ1) is 11.2. The summed E-state index contributed by atoms with van der Waals surface area (Å²) < 4.78 is 6.31. The fourth-order valence-electron chi connectivity index (χ4n) is 2.62. The van der Waals surface area contributed by atoms with E-state index < -0.39 is 0 Å². The zero-order valence-corrected chi connectivity index (χ0v) is 14.3. The molecule has 3 aromatic rings. The zero-order chi connectivity index (χ0) is 16.1. The second kappa shape index (κ2) is 7.47. The number of esters is 1. The van der Waals surface area contributed by atoms with Crippen LogP contribution in [0.2, 0.25) is 0 Å². The van der Waals surface area contributed by atoms with Crippen molar-refractivity contribution >= 4 is 32.8 Å². The molecule has 0 radical (unpaired) electrons. The SMILES string of the molecule is O=C(CCCc1c[nH]c2ccccc12)OCc1cccc(Br)c1. The van der Waals surface area contributed by atoms with Crippen LogP contribution in [0.5, 0.6) is 0 Å². The molecule has 1 aromatic heterocycles. The third-order valence-electron chi connectivity index (χ3n) is 3.79. The molecule has 0 bridgehead atoms. The van der Waals surface area contributed by atoms with Crippen LogP contribution >= 0.6 is 15.9 Å². The lowest BCUT2D eigenvalue weighted by Crippen LogP contribution is -2.05. The normalized spacial score (nSPS) is 10.8. The Kier molecular flexibility index (Phi) is 5.13. The lowest BCUT2D eigenvalue weighted by molar-refractivity contribution is -0.145. The average molecular weight is 372 g/mol. The van der Waals surface area contributed by atoms with Gasteiger partial charge in [0.15, 0.2) is 0 Å². The molecule has 0 amide bonds. The van der Waals surface area contributed by atoms with Gasteiger partial charge < -0.3 is 9.72 Å². The number of halogens is 1. The highest BCUT2D eigenvalue weighted by molar-refractivity contribution is 9.10. The van der Waals surface area contributed by atoms with Crippen molar-refractivity contribution in [2.24, 2.45) is 0 Å².